The highest BCUT2D eigenvalue weighted by atomic mass is 16.3. The standard InChI is InChI=1S/C9H17NO/c11-8-4-3-7-2-1-5-10-9(7)6-8/h7-11H,1-6H2/t7-,8+,9-/m1/s1. The molecule has 1 aliphatic carbocycles. The van der Waals surface area contributed by atoms with Crippen LogP contribution in [0.4, 0.5) is 0 Å². The van der Waals surface area contributed by atoms with E-state index in [-0.39, 0.29) is 6.10 Å². The van der Waals surface area contributed by atoms with Crippen LogP contribution in [0.3, 0.4) is 0 Å². The maximum Gasteiger partial charge on any atom is 0.0555 e. The first-order valence-corrected chi connectivity index (χ1v) is 4.78. The van der Waals surface area contributed by atoms with Crippen molar-refractivity contribution in [3.8, 4) is 0 Å². The molecule has 0 aromatic rings. The van der Waals surface area contributed by atoms with E-state index in [0.717, 1.165) is 25.3 Å². The molecule has 1 aliphatic heterocycles. The largest absolute Gasteiger partial charge is 0.393 e. The molecule has 1 heterocycles. The first kappa shape index (κ1) is 7.56. The van der Waals surface area contributed by atoms with Gasteiger partial charge in [0.25, 0.3) is 0 Å². The van der Waals surface area contributed by atoms with E-state index in [1.54, 1.807) is 0 Å². The maximum atomic E-state index is 9.41. The van der Waals surface area contributed by atoms with E-state index in [0.29, 0.717) is 6.04 Å². The molecule has 0 unspecified atom stereocenters. The molecular formula is C9H17NO. The smallest absolute Gasteiger partial charge is 0.0555 e. The van der Waals surface area contributed by atoms with Crippen LogP contribution < -0.4 is 5.32 Å². The van der Waals surface area contributed by atoms with E-state index in [1.807, 2.05) is 0 Å². The number of piperidine rings is 1. The van der Waals surface area contributed by atoms with Gasteiger partial charge in [-0.05, 0) is 44.6 Å². The third-order valence-corrected chi connectivity index (χ3v) is 3.12. The van der Waals surface area contributed by atoms with Crippen LogP contribution in [0.2, 0.25) is 0 Å². The van der Waals surface area contributed by atoms with E-state index in [4.69, 9.17) is 0 Å². The Bertz CT molecular complexity index is 138. The molecule has 2 fully saturated rings. The van der Waals surface area contributed by atoms with Gasteiger partial charge in [-0.3, -0.25) is 0 Å². The van der Waals surface area contributed by atoms with Crippen LogP contribution in [0.25, 0.3) is 0 Å². The van der Waals surface area contributed by atoms with Crippen LogP contribution in [0, 0.1) is 5.92 Å². The summed E-state index contributed by atoms with van der Waals surface area (Å²) in [6, 6.07) is 0.632. The number of hydrogen-bond acceptors (Lipinski definition) is 2. The molecule has 2 nitrogen and oxygen atoms in total. The van der Waals surface area contributed by atoms with Crippen molar-refractivity contribution >= 4 is 0 Å². The van der Waals surface area contributed by atoms with Gasteiger partial charge in [0.2, 0.25) is 0 Å². The van der Waals surface area contributed by atoms with Gasteiger partial charge in [0, 0.05) is 6.04 Å². The molecule has 3 atom stereocenters. The number of rotatable bonds is 0. The van der Waals surface area contributed by atoms with Gasteiger partial charge in [-0.15, -0.1) is 0 Å². The monoisotopic (exact) mass is 155 g/mol. The first-order chi connectivity index (χ1) is 5.36. The molecule has 0 aromatic heterocycles. The van der Waals surface area contributed by atoms with Gasteiger partial charge in [-0.25, -0.2) is 0 Å². The van der Waals surface area contributed by atoms with Crippen molar-refractivity contribution in [2.45, 2.75) is 44.2 Å². The second kappa shape index (κ2) is 3.11. The van der Waals surface area contributed by atoms with Crippen molar-refractivity contribution in [1.29, 1.82) is 0 Å². The van der Waals surface area contributed by atoms with Gasteiger partial charge in [0.05, 0.1) is 6.10 Å². The second-order valence-electron chi connectivity index (χ2n) is 3.93. The van der Waals surface area contributed by atoms with E-state index < -0.39 is 0 Å². The summed E-state index contributed by atoms with van der Waals surface area (Å²) in [4.78, 5) is 0. The highest BCUT2D eigenvalue weighted by molar-refractivity contribution is 4.87. The molecule has 0 amide bonds. The highest BCUT2D eigenvalue weighted by Crippen LogP contribution is 2.30. The van der Waals surface area contributed by atoms with Crippen molar-refractivity contribution in [3.05, 3.63) is 0 Å². The first-order valence-electron chi connectivity index (χ1n) is 4.78. The van der Waals surface area contributed by atoms with Crippen LogP contribution in [0.15, 0.2) is 0 Å². The number of fused-ring (bicyclic) bond motifs is 1. The summed E-state index contributed by atoms with van der Waals surface area (Å²) in [7, 11) is 0. The van der Waals surface area contributed by atoms with Gasteiger partial charge in [0.15, 0.2) is 0 Å². The molecule has 0 radical (unpaired) electrons. The van der Waals surface area contributed by atoms with E-state index in [1.165, 1.54) is 19.3 Å². The summed E-state index contributed by atoms with van der Waals surface area (Å²) < 4.78 is 0. The molecule has 64 valence electrons. The third kappa shape index (κ3) is 1.57. The van der Waals surface area contributed by atoms with E-state index >= 15 is 0 Å². The maximum absolute atomic E-state index is 9.41. The minimum absolute atomic E-state index is 0.0261. The SMILES string of the molecule is O[C@H]1CC[C@H]2CCCN[C@@H]2C1. The summed E-state index contributed by atoms with van der Waals surface area (Å²) in [6.07, 6.45) is 5.94. The molecular weight excluding hydrogens is 138 g/mol. The molecule has 2 aliphatic rings. The van der Waals surface area contributed by atoms with E-state index in [9.17, 15) is 5.11 Å². The van der Waals surface area contributed by atoms with Crippen molar-refractivity contribution in [1.82, 2.24) is 5.32 Å². The van der Waals surface area contributed by atoms with Crippen molar-refractivity contribution in [2.75, 3.05) is 6.54 Å². The third-order valence-electron chi connectivity index (χ3n) is 3.12. The lowest BCUT2D eigenvalue weighted by atomic mass is 9.78. The van der Waals surface area contributed by atoms with Crippen LogP contribution in [-0.2, 0) is 0 Å². The van der Waals surface area contributed by atoms with E-state index in [2.05, 4.69) is 5.32 Å². The predicted octanol–water partition coefficient (Wildman–Crippen LogP) is 0.899. The van der Waals surface area contributed by atoms with Gasteiger partial charge in [0.1, 0.15) is 0 Å². The van der Waals surface area contributed by atoms with Gasteiger partial charge < -0.3 is 10.4 Å². The van der Waals surface area contributed by atoms with Crippen LogP contribution >= 0.6 is 0 Å². The summed E-state index contributed by atoms with van der Waals surface area (Å²) in [5.41, 5.74) is 0. The summed E-state index contributed by atoms with van der Waals surface area (Å²) in [6.45, 7) is 1.16. The Balaban J connectivity index is 1.93. The van der Waals surface area contributed by atoms with Crippen molar-refractivity contribution < 1.29 is 5.11 Å². The quantitative estimate of drug-likeness (QED) is 0.544. The zero-order valence-corrected chi connectivity index (χ0v) is 6.92. The molecule has 2 heteroatoms. The van der Waals surface area contributed by atoms with Crippen LogP contribution in [-0.4, -0.2) is 23.8 Å². The fraction of sp³-hybridized carbons (Fsp3) is 1.00. The normalized spacial score (nSPS) is 45.0. The topological polar surface area (TPSA) is 32.3 Å². The number of aliphatic hydroxyl groups is 1. The predicted molar refractivity (Wildman–Crippen MR) is 44.4 cm³/mol. The molecule has 0 aromatic carbocycles. The Kier molecular flexibility index (Phi) is 2.14. The molecule has 2 N–H and O–H groups in total. The van der Waals surface area contributed by atoms with Gasteiger partial charge in [-0.2, -0.15) is 0 Å². The van der Waals surface area contributed by atoms with Crippen molar-refractivity contribution in [2.24, 2.45) is 5.92 Å². The van der Waals surface area contributed by atoms with Gasteiger partial charge in [-0.1, -0.05) is 0 Å². The minimum atomic E-state index is -0.0261. The minimum Gasteiger partial charge on any atom is -0.393 e. The molecule has 11 heavy (non-hydrogen) atoms. The summed E-state index contributed by atoms with van der Waals surface area (Å²) >= 11 is 0. The lowest BCUT2D eigenvalue weighted by Crippen LogP contribution is -2.46. The van der Waals surface area contributed by atoms with Crippen LogP contribution in [0.5, 0.6) is 0 Å². The Morgan fingerprint density at radius 3 is 3.00 bits per heavy atom. The van der Waals surface area contributed by atoms with Crippen molar-refractivity contribution in [3.63, 3.8) is 0 Å². The Morgan fingerprint density at radius 1 is 1.18 bits per heavy atom. The lowest BCUT2D eigenvalue weighted by Gasteiger charge is -2.38. The zero-order chi connectivity index (χ0) is 7.68. The molecule has 1 saturated heterocycles. The number of aliphatic hydroxyl groups excluding tert-OH is 1. The number of hydrogen-bond donors (Lipinski definition) is 2. The summed E-state index contributed by atoms with van der Waals surface area (Å²) in [5, 5.41) is 12.9. The van der Waals surface area contributed by atoms with Gasteiger partial charge >= 0.3 is 0 Å². The Morgan fingerprint density at radius 2 is 2.09 bits per heavy atom. The zero-order valence-electron chi connectivity index (χ0n) is 6.92. The summed E-state index contributed by atoms with van der Waals surface area (Å²) in [5.74, 6) is 0.868. The Labute approximate surface area is 68.0 Å². The molecule has 1 saturated carbocycles. The second-order valence-corrected chi connectivity index (χ2v) is 3.93. The fourth-order valence-corrected chi connectivity index (χ4v) is 2.46. The highest BCUT2D eigenvalue weighted by Gasteiger charge is 2.30. The Hall–Kier alpha value is -0.0800. The molecule has 0 spiro atoms. The van der Waals surface area contributed by atoms with Crippen LogP contribution in [0.1, 0.15) is 32.1 Å². The fourth-order valence-electron chi connectivity index (χ4n) is 2.46. The average molecular weight is 155 g/mol. The molecule has 0 bridgehead atoms. The lowest BCUT2D eigenvalue weighted by molar-refractivity contribution is 0.0711. The average Bonchev–Trinajstić information content (AvgIpc) is 2.04. The molecule has 2 rings (SSSR count). The number of nitrogens with one attached hydrogen (secondary N) is 1.